The van der Waals surface area contributed by atoms with Crippen molar-refractivity contribution in [1.29, 1.82) is 5.41 Å². The predicted octanol–water partition coefficient (Wildman–Crippen LogP) is 0.318. The molecule has 698 valence electrons. The molecule has 0 saturated carbocycles. The van der Waals surface area contributed by atoms with Gasteiger partial charge in [0.15, 0.2) is 5.96 Å². The minimum absolute atomic E-state index is 0.0842. The summed E-state index contributed by atoms with van der Waals surface area (Å²) in [7, 11) is 0. The molecule has 0 aliphatic heterocycles. The van der Waals surface area contributed by atoms with Crippen LogP contribution in [0.3, 0.4) is 0 Å². The molecule has 30 N–H and O–H groups in total. The molecule has 0 spiro atoms. The van der Waals surface area contributed by atoms with Crippen LogP contribution in [-0.4, -0.2) is 208 Å². The maximum atomic E-state index is 15.5. The summed E-state index contributed by atoms with van der Waals surface area (Å²) in [4.78, 5) is 211. The summed E-state index contributed by atoms with van der Waals surface area (Å²) in [6.45, 7) is 2.71. The molecule has 0 radical (unpaired) electrons. The number of nitrogens with two attached hydrogens (primary N) is 6. The van der Waals surface area contributed by atoms with Gasteiger partial charge in [0.1, 0.15) is 66.2 Å². The van der Waals surface area contributed by atoms with E-state index in [1.54, 1.807) is 148 Å². The number of hydrogen-bond acceptors (Lipinski definition) is 19. The van der Waals surface area contributed by atoms with Gasteiger partial charge in [-0.3, -0.25) is 72.5 Å². The molecule has 0 saturated heterocycles. The third kappa shape index (κ3) is 31.4. The number of benzene rings is 6. The second-order valence-corrected chi connectivity index (χ2v) is 32.5. The summed E-state index contributed by atoms with van der Waals surface area (Å²) in [5.41, 5.74) is 39.6. The normalized spacial score (nSPS) is 14.0. The highest BCUT2D eigenvalue weighted by Crippen LogP contribution is 2.25. The Balaban J connectivity index is 0.951. The van der Waals surface area contributed by atoms with Crippen LogP contribution >= 0.6 is 0 Å². The molecule has 0 fully saturated rings. The third-order valence-electron chi connectivity index (χ3n) is 22.6. The average molecular weight is 1800 g/mol. The molecule has 38 heteroatoms. The van der Waals surface area contributed by atoms with Gasteiger partial charge < -0.3 is 124 Å². The summed E-state index contributed by atoms with van der Waals surface area (Å²) in [5, 5.41) is 55.2. The van der Waals surface area contributed by atoms with Crippen molar-refractivity contribution in [1.82, 2.24) is 84.1 Å². The van der Waals surface area contributed by atoms with Gasteiger partial charge in [0.2, 0.25) is 82.7 Å². The lowest BCUT2D eigenvalue weighted by Crippen LogP contribution is -2.61. The van der Waals surface area contributed by atoms with E-state index < -0.39 is 168 Å². The monoisotopic (exact) mass is 1800 g/mol. The number of primary amides is 2. The van der Waals surface area contributed by atoms with Gasteiger partial charge in [0.05, 0.1) is 19.1 Å². The Morgan fingerprint density at radius 3 is 1.15 bits per heavy atom. The van der Waals surface area contributed by atoms with E-state index in [0.29, 0.717) is 93.8 Å². The van der Waals surface area contributed by atoms with Crippen LogP contribution in [0.25, 0.3) is 32.7 Å². The molecule has 14 amide bonds. The zero-order chi connectivity index (χ0) is 94.5. The number of unbranched alkanes of at least 4 members (excludes halogenated alkanes) is 2. The van der Waals surface area contributed by atoms with Crippen molar-refractivity contribution in [3.05, 3.63) is 210 Å². The largest absolute Gasteiger partial charge is 0.508 e. The van der Waals surface area contributed by atoms with Gasteiger partial charge in [0.25, 0.3) is 0 Å². The minimum atomic E-state index is -1.56. The molecular formula is C93H121N23O15. The lowest BCUT2D eigenvalue weighted by molar-refractivity contribution is -0.135. The predicted molar refractivity (Wildman–Crippen MR) is 493 cm³/mol. The standard InChI is InChI=1S/C93H121N23O15/c1-3-54(2)81(116-91(130)75(46-58-49-102-66-29-13-10-25-62(58)66)108-80(120)52-105-84(123)71(38-39-78(97)118)110-83(122)65(96)28-20-42-101-93(99)100)92(131)115-77(48-60-51-104-68-31-15-12-27-64(60)68)90(129)112-72(45-57-34-36-61(117)37-35-57)85(124)106-53-79(119)107-73(43-55-21-6-4-7-22-55)87(126)113-74(44-56-23-8-5-9-24-56)88(127)114-76(47-59-50-103-67-30-14-11-26-63(59)67)89(128)111-70(33-17-19-41-95)86(125)109-69(82(98)121)32-16-18-40-94/h4-15,21-27,29-31,34-37,49-51,54,65,69-77,81,102-104,117H,3,16-20,28,32-33,38-48,52-53,94-96H2,1-2H3,(H2,97,118)(H2,98,121)(H,105,123)(H,106,124)(H,107,119)(H,108,120)(H,109,125)(H,110,122)(H,111,128)(H,112,129)(H,113,126)(H,114,127)(H,115,131)(H,116,130)(H4,99,100,101)/t54-,65-,69-,70-,71-,72-,73-,74-,75-,76-,77-,81-/m0/s1. The van der Waals surface area contributed by atoms with Crippen LogP contribution in [0.1, 0.15) is 118 Å². The molecule has 3 aromatic heterocycles. The maximum Gasteiger partial charge on any atom is 0.243 e. The quantitative estimate of drug-likeness (QED) is 0.0139. The van der Waals surface area contributed by atoms with E-state index in [1.165, 1.54) is 24.3 Å². The van der Waals surface area contributed by atoms with E-state index in [1.807, 2.05) is 18.2 Å². The number of guanidine groups is 1. The topological polar surface area (TPSA) is 643 Å². The molecule has 0 aliphatic rings. The van der Waals surface area contributed by atoms with Crippen molar-refractivity contribution in [3.63, 3.8) is 0 Å². The van der Waals surface area contributed by atoms with Gasteiger partial charge >= 0.3 is 0 Å². The smallest absolute Gasteiger partial charge is 0.243 e. The van der Waals surface area contributed by atoms with Crippen LogP contribution in [0.15, 0.2) is 176 Å². The minimum Gasteiger partial charge on any atom is -0.508 e. The van der Waals surface area contributed by atoms with Crippen molar-refractivity contribution in [2.75, 3.05) is 32.7 Å². The number of fused-ring (bicyclic) bond motifs is 3. The molecule has 131 heavy (non-hydrogen) atoms. The molecule has 0 unspecified atom stereocenters. The Bertz CT molecular complexity index is 5400. The Morgan fingerprint density at radius 1 is 0.366 bits per heavy atom. The molecule has 6 aromatic carbocycles. The van der Waals surface area contributed by atoms with E-state index in [2.05, 4.69) is 84.1 Å². The molecule has 0 bridgehead atoms. The SMILES string of the molecule is CC[C@H](C)[C@H](NC(=O)[C@H](Cc1c[nH]c2ccccc12)NC(=O)CNC(=O)[C@H](CCC(N)=O)NC(=O)[C@@H](N)CCCNC(=N)N)C(=O)N[C@@H](Cc1c[nH]c2ccccc12)C(=O)N[C@@H](Cc1ccc(O)cc1)C(=O)NCC(=O)N[C@@H](Cc1ccccc1)C(=O)N[C@@H](Cc1ccccc1)C(=O)N[C@@H](Cc1c[nH]c2ccccc12)C(=O)N[C@@H](CCCCN)C(=O)N[C@@H](CCCCN)C(N)=O. The highest BCUT2D eigenvalue weighted by molar-refractivity contribution is 6.01. The lowest BCUT2D eigenvalue weighted by atomic mass is 9.96. The number of aromatic hydroxyl groups is 1. The van der Waals surface area contributed by atoms with Gasteiger partial charge in [-0.1, -0.05) is 148 Å². The van der Waals surface area contributed by atoms with E-state index in [-0.39, 0.29) is 102 Å². The van der Waals surface area contributed by atoms with Gasteiger partial charge in [-0.2, -0.15) is 0 Å². The Morgan fingerprint density at radius 2 is 0.718 bits per heavy atom. The van der Waals surface area contributed by atoms with Crippen molar-refractivity contribution in [2.45, 2.75) is 189 Å². The third-order valence-corrected chi connectivity index (χ3v) is 22.6. The van der Waals surface area contributed by atoms with E-state index in [0.717, 1.165) is 10.9 Å². The molecule has 3 heterocycles. The fourth-order valence-corrected chi connectivity index (χ4v) is 15.1. The molecule has 12 atom stereocenters. The highest BCUT2D eigenvalue weighted by atomic mass is 16.3. The van der Waals surface area contributed by atoms with Gasteiger partial charge in [-0.15, -0.1) is 0 Å². The number of aromatic amines is 3. The average Bonchev–Trinajstić information content (AvgIpc) is 1.73. The Kier molecular flexibility index (Phi) is 38.9. The van der Waals surface area contributed by atoms with Crippen molar-refractivity contribution >= 4 is 121 Å². The molecule has 9 aromatic rings. The first-order valence-electron chi connectivity index (χ1n) is 43.9. The van der Waals surface area contributed by atoms with Crippen LogP contribution in [0, 0.1) is 11.3 Å². The lowest BCUT2D eigenvalue weighted by Gasteiger charge is -2.29. The van der Waals surface area contributed by atoms with Crippen LogP contribution in [0.4, 0.5) is 0 Å². The number of phenolic OH excluding ortho intramolecular Hbond substituents is 1. The van der Waals surface area contributed by atoms with E-state index in [4.69, 9.17) is 39.8 Å². The second-order valence-electron chi connectivity index (χ2n) is 32.5. The number of phenols is 1. The summed E-state index contributed by atoms with van der Waals surface area (Å²) in [6, 6.07) is 29.4. The first-order valence-corrected chi connectivity index (χ1v) is 43.9. The number of amides is 14. The number of para-hydroxylation sites is 3. The fraction of sp³-hybridized carbons (Fsp3) is 0.387. The fourth-order valence-electron chi connectivity index (χ4n) is 15.1. The van der Waals surface area contributed by atoms with Gasteiger partial charge in [-0.25, -0.2) is 0 Å². The van der Waals surface area contributed by atoms with Crippen LogP contribution in [-0.2, 0) is 106 Å². The zero-order valence-electron chi connectivity index (χ0n) is 73.4. The van der Waals surface area contributed by atoms with Crippen molar-refractivity contribution < 1.29 is 72.2 Å². The summed E-state index contributed by atoms with van der Waals surface area (Å²) >= 11 is 0. The summed E-state index contributed by atoms with van der Waals surface area (Å²) in [6.07, 6.45) is 6.10. The number of carbonyl (C=O) groups is 14. The van der Waals surface area contributed by atoms with Crippen LogP contribution < -0.4 is 104 Å². The van der Waals surface area contributed by atoms with Gasteiger partial charge in [-0.05, 0) is 141 Å². The summed E-state index contributed by atoms with van der Waals surface area (Å²) < 4.78 is 0. The Labute approximate surface area is 757 Å². The zero-order valence-corrected chi connectivity index (χ0v) is 73.4. The summed E-state index contributed by atoms with van der Waals surface area (Å²) in [5.74, 6) is -12.9. The molecule has 38 nitrogen and oxygen atoms in total. The number of carbonyl (C=O) groups excluding carboxylic acids is 14. The molecular weight excluding hydrogens is 1680 g/mol. The van der Waals surface area contributed by atoms with Gasteiger partial charge in [0, 0.05) is 103 Å². The number of hydrogen-bond donors (Lipinski definition) is 24. The highest BCUT2D eigenvalue weighted by Gasteiger charge is 2.38. The Hall–Kier alpha value is -14.5. The van der Waals surface area contributed by atoms with Crippen molar-refractivity contribution in [3.8, 4) is 5.75 Å². The van der Waals surface area contributed by atoms with E-state index >= 15 is 33.6 Å². The van der Waals surface area contributed by atoms with Crippen LogP contribution in [0.5, 0.6) is 5.75 Å². The molecule has 0 aliphatic carbocycles. The number of aromatic nitrogens is 3. The number of nitrogens with one attached hydrogen (secondary N) is 17. The first kappa shape index (κ1) is 100. The molecule has 9 rings (SSSR count). The second kappa shape index (κ2) is 50.9. The maximum absolute atomic E-state index is 15.5. The van der Waals surface area contributed by atoms with E-state index in [9.17, 15) is 38.7 Å². The first-order chi connectivity index (χ1) is 63.0. The number of rotatable bonds is 54. The number of H-pyrrole nitrogens is 3. The van der Waals surface area contributed by atoms with Crippen LogP contribution in [0.2, 0.25) is 0 Å². The van der Waals surface area contributed by atoms with Crippen molar-refractivity contribution in [2.24, 2.45) is 40.3 Å².